The monoisotopic (exact) mass is 414 g/mol. The third-order valence-corrected chi connectivity index (χ3v) is 7.48. The number of amides is 2. The number of carboxylic acid groups (broad SMARTS) is 1. The van der Waals surface area contributed by atoms with E-state index < -0.39 is 29.5 Å². The first-order chi connectivity index (χ1) is 13.9. The molecule has 8 heteroatoms. The standard InChI is InChI=1S/C21H19ClN2O5/c22-10-3-4-12-11(8-10)13(23-7-1-2-16(23)25)9-15-21-6-5-14(29-21)17(20(27)28)18(21)19(26)24(12)15/h3-6,8,13-15,17-18H,1-2,7,9H2,(H,27,28)/t13-,14+,15-,17+,18-,21+/m0/s1. The maximum absolute atomic E-state index is 13.5. The van der Waals surface area contributed by atoms with Gasteiger partial charge in [-0.05, 0) is 36.6 Å². The summed E-state index contributed by atoms with van der Waals surface area (Å²) >= 11 is 6.27. The van der Waals surface area contributed by atoms with Gasteiger partial charge in [0.1, 0.15) is 11.5 Å². The zero-order chi connectivity index (χ0) is 20.1. The lowest BCUT2D eigenvalue weighted by Gasteiger charge is -2.44. The van der Waals surface area contributed by atoms with Gasteiger partial charge >= 0.3 is 5.97 Å². The van der Waals surface area contributed by atoms with Gasteiger partial charge < -0.3 is 19.6 Å². The summed E-state index contributed by atoms with van der Waals surface area (Å²) in [5, 5.41) is 10.3. The zero-order valence-corrected chi connectivity index (χ0v) is 16.2. The van der Waals surface area contributed by atoms with Crippen LogP contribution in [0.4, 0.5) is 5.69 Å². The molecule has 1 spiro atoms. The number of carboxylic acids is 1. The quantitative estimate of drug-likeness (QED) is 0.749. The average molecular weight is 415 g/mol. The molecular weight excluding hydrogens is 396 g/mol. The van der Waals surface area contributed by atoms with Gasteiger partial charge in [-0.15, -0.1) is 0 Å². The molecule has 6 rings (SSSR count). The highest BCUT2D eigenvalue weighted by atomic mass is 35.5. The Morgan fingerprint density at radius 1 is 1.31 bits per heavy atom. The molecule has 5 aliphatic rings. The van der Waals surface area contributed by atoms with Gasteiger partial charge in [-0.3, -0.25) is 14.4 Å². The Bertz CT molecular complexity index is 1010. The zero-order valence-electron chi connectivity index (χ0n) is 15.5. The van der Waals surface area contributed by atoms with Gasteiger partial charge in [0.05, 0.1) is 24.1 Å². The van der Waals surface area contributed by atoms with Crippen LogP contribution in [0.5, 0.6) is 0 Å². The van der Waals surface area contributed by atoms with Gasteiger partial charge in [0.25, 0.3) is 0 Å². The molecule has 3 saturated heterocycles. The number of anilines is 1. The molecule has 5 heterocycles. The Morgan fingerprint density at radius 3 is 2.86 bits per heavy atom. The average Bonchev–Trinajstić information content (AvgIpc) is 3.43. The number of carbonyl (C=O) groups excluding carboxylic acids is 2. The number of hydrogen-bond acceptors (Lipinski definition) is 4. The lowest BCUT2D eigenvalue weighted by Crippen LogP contribution is -2.50. The van der Waals surface area contributed by atoms with Crippen LogP contribution in [0.2, 0.25) is 5.02 Å². The maximum Gasteiger partial charge on any atom is 0.310 e. The minimum Gasteiger partial charge on any atom is -0.481 e. The third kappa shape index (κ3) is 2.04. The molecule has 0 saturated carbocycles. The number of halogens is 1. The number of hydrogen-bond donors (Lipinski definition) is 1. The van der Waals surface area contributed by atoms with E-state index in [1.165, 1.54) is 0 Å². The van der Waals surface area contributed by atoms with Crippen molar-refractivity contribution in [2.24, 2.45) is 11.8 Å². The number of aliphatic carboxylic acids is 1. The van der Waals surface area contributed by atoms with Crippen LogP contribution in [-0.4, -0.2) is 52.1 Å². The SMILES string of the molecule is O=C(O)[C@H]1[C@H]2C(=O)N3c4ccc(Cl)cc4[C@@H](N4CCCC4=O)C[C@H]3[C@]23C=C[C@H]1O3. The van der Waals surface area contributed by atoms with E-state index in [0.717, 1.165) is 12.0 Å². The third-order valence-electron chi connectivity index (χ3n) is 7.25. The number of ether oxygens (including phenoxy) is 1. The molecule has 2 amide bonds. The first-order valence-corrected chi connectivity index (χ1v) is 10.3. The summed E-state index contributed by atoms with van der Waals surface area (Å²) in [6.07, 6.45) is 4.92. The van der Waals surface area contributed by atoms with Crippen LogP contribution < -0.4 is 4.90 Å². The molecule has 1 aromatic rings. The van der Waals surface area contributed by atoms with Gasteiger partial charge in [0.15, 0.2) is 0 Å². The van der Waals surface area contributed by atoms with E-state index in [9.17, 15) is 19.5 Å². The van der Waals surface area contributed by atoms with Crippen LogP contribution in [0.25, 0.3) is 0 Å². The van der Waals surface area contributed by atoms with Crippen molar-refractivity contribution >= 4 is 35.1 Å². The second kappa shape index (κ2) is 5.61. The Morgan fingerprint density at radius 2 is 2.14 bits per heavy atom. The van der Waals surface area contributed by atoms with Crippen molar-refractivity contribution in [3.63, 3.8) is 0 Å². The van der Waals surface area contributed by atoms with Gasteiger partial charge in [0, 0.05) is 23.7 Å². The maximum atomic E-state index is 13.5. The topological polar surface area (TPSA) is 87.2 Å². The lowest BCUT2D eigenvalue weighted by molar-refractivity contribution is -0.146. The summed E-state index contributed by atoms with van der Waals surface area (Å²) in [7, 11) is 0. The van der Waals surface area contributed by atoms with Crippen molar-refractivity contribution in [2.45, 2.75) is 43.1 Å². The molecule has 150 valence electrons. The lowest BCUT2D eigenvalue weighted by atomic mass is 9.73. The molecule has 2 bridgehead atoms. The highest BCUT2D eigenvalue weighted by molar-refractivity contribution is 6.30. The van der Waals surface area contributed by atoms with Crippen molar-refractivity contribution in [1.82, 2.24) is 4.90 Å². The van der Waals surface area contributed by atoms with Crippen LogP contribution in [0, 0.1) is 11.8 Å². The van der Waals surface area contributed by atoms with E-state index in [1.807, 2.05) is 17.0 Å². The summed E-state index contributed by atoms with van der Waals surface area (Å²) in [4.78, 5) is 41.5. The minimum absolute atomic E-state index is 0.100. The van der Waals surface area contributed by atoms with Gasteiger partial charge in [-0.2, -0.15) is 0 Å². The Hall–Kier alpha value is -2.38. The number of benzene rings is 1. The van der Waals surface area contributed by atoms with E-state index in [4.69, 9.17) is 16.3 Å². The summed E-state index contributed by atoms with van der Waals surface area (Å²) < 4.78 is 6.19. The molecule has 1 aromatic carbocycles. The minimum atomic E-state index is -1.01. The Kier molecular flexibility index (Phi) is 3.38. The van der Waals surface area contributed by atoms with E-state index in [1.54, 1.807) is 23.1 Å². The molecule has 0 radical (unpaired) electrons. The highest BCUT2D eigenvalue weighted by Gasteiger charge is 2.72. The molecule has 29 heavy (non-hydrogen) atoms. The molecule has 1 N–H and O–H groups in total. The van der Waals surface area contributed by atoms with Gasteiger partial charge in [-0.25, -0.2) is 0 Å². The fourth-order valence-electron chi connectivity index (χ4n) is 6.15. The van der Waals surface area contributed by atoms with E-state index >= 15 is 0 Å². The first-order valence-electron chi connectivity index (χ1n) is 9.94. The van der Waals surface area contributed by atoms with Crippen molar-refractivity contribution in [3.8, 4) is 0 Å². The van der Waals surface area contributed by atoms with Crippen molar-refractivity contribution in [1.29, 1.82) is 0 Å². The number of rotatable bonds is 2. The van der Waals surface area contributed by atoms with Crippen LogP contribution in [0.15, 0.2) is 30.4 Å². The first kappa shape index (κ1) is 17.5. The molecule has 6 atom stereocenters. The summed E-state index contributed by atoms with van der Waals surface area (Å²) in [5.41, 5.74) is 0.594. The van der Waals surface area contributed by atoms with Gasteiger partial charge in [0.2, 0.25) is 11.8 Å². The molecule has 5 aliphatic heterocycles. The second-order valence-corrected chi connectivity index (χ2v) is 8.94. The molecule has 0 aromatic heterocycles. The second-order valence-electron chi connectivity index (χ2n) is 8.51. The highest BCUT2D eigenvalue weighted by Crippen LogP contribution is 2.60. The molecular formula is C21H19ClN2O5. The molecule has 0 aliphatic carbocycles. The van der Waals surface area contributed by atoms with E-state index in [-0.39, 0.29) is 23.9 Å². The van der Waals surface area contributed by atoms with E-state index in [2.05, 4.69) is 0 Å². The Labute approximate surface area is 171 Å². The summed E-state index contributed by atoms with van der Waals surface area (Å²) in [6.45, 7) is 0.670. The van der Waals surface area contributed by atoms with Crippen LogP contribution >= 0.6 is 11.6 Å². The largest absolute Gasteiger partial charge is 0.481 e. The number of fused-ring (bicyclic) bond motifs is 4. The predicted molar refractivity (Wildman–Crippen MR) is 102 cm³/mol. The van der Waals surface area contributed by atoms with Crippen LogP contribution in [-0.2, 0) is 19.1 Å². The van der Waals surface area contributed by atoms with Gasteiger partial charge in [-0.1, -0.05) is 23.8 Å². The fourth-order valence-corrected chi connectivity index (χ4v) is 6.33. The number of carbonyl (C=O) groups is 3. The van der Waals surface area contributed by atoms with Crippen molar-refractivity contribution < 1.29 is 24.2 Å². The Balaban J connectivity index is 1.52. The smallest absolute Gasteiger partial charge is 0.310 e. The van der Waals surface area contributed by atoms with Crippen LogP contribution in [0.3, 0.4) is 0 Å². The summed E-state index contributed by atoms with van der Waals surface area (Å²) in [6, 6.07) is 4.80. The fraction of sp³-hybridized carbons (Fsp3) is 0.476. The normalized spacial score (nSPS) is 39.1. The molecule has 7 nitrogen and oxygen atoms in total. The molecule has 0 unspecified atom stereocenters. The van der Waals surface area contributed by atoms with Crippen molar-refractivity contribution in [3.05, 3.63) is 40.9 Å². The van der Waals surface area contributed by atoms with Crippen molar-refractivity contribution in [2.75, 3.05) is 11.4 Å². The van der Waals surface area contributed by atoms with E-state index in [0.29, 0.717) is 30.1 Å². The number of likely N-dealkylation sites (tertiary alicyclic amines) is 1. The molecule has 3 fully saturated rings. The summed E-state index contributed by atoms with van der Waals surface area (Å²) in [5.74, 6) is -2.77. The van der Waals surface area contributed by atoms with Crippen LogP contribution in [0.1, 0.15) is 30.9 Å². The number of nitrogens with zero attached hydrogens (tertiary/aromatic N) is 2. The predicted octanol–water partition coefficient (Wildman–Crippen LogP) is 2.15.